The number of hydrogen-bond donors (Lipinski definition) is 1. The molecule has 1 rings (SSSR count). The maximum Gasteiger partial charge on any atom is 0.134 e. The number of carbonyl (C=O) groups is 1. The molecule has 1 aromatic carbocycles. The van der Waals surface area contributed by atoms with Crippen LogP contribution in [-0.4, -0.2) is 5.78 Å². The van der Waals surface area contributed by atoms with E-state index < -0.39 is 0 Å². The van der Waals surface area contributed by atoms with E-state index in [-0.39, 0.29) is 5.78 Å². The molecule has 0 N–H and O–H groups in total. The van der Waals surface area contributed by atoms with E-state index in [1.165, 1.54) is 6.92 Å². The summed E-state index contributed by atoms with van der Waals surface area (Å²) in [5.74, 6) is 0.109. The predicted molar refractivity (Wildman–Crippen MR) is 52.8 cm³/mol. The van der Waals surface area contributed by atoms with Gasteiger partial charge in [0.1, 0.15) is 11.9 Å². The zero-order valence-corrected chi connectivity index (χ0v) is 8.14. The SMILES string of the molecule is CC(=O)Cc1ccc(C#N)c(S)c1. The molecule has 0 aliphatic rings. The zero-order chi connectivity index (χ0) is 9.84. The lowest BCUT2D eigenvalue weighted by molar-refractivity contribution is -0.116. The second-order valence-electron chi connectivity index (χ2n) is 2.84. The minimum atomic E-state index is 0.109. The van der Waals surface area contributed by atoms with Crippen molar-refractivity contribution in [2.24, 2.45) is 0 Å². The van der Waals surface area contributed by atoms with Gasteiger partial charge >= 0.3 is 0 Å². The van der Waals surface area contributed by atoms with Gasteiger partial charge in [-0.15, -0.1) is 12.6 Å². The average molecular weight is 191 g/mol. The van der Waals surface area contributed by atoms with Crippen LogP contribution in [0, 0.1) is 11.3 Å². The Balaban J connectivity index is 2.97. The summed E-state index contributed by atoms with van der Waals surface area (Å²) in [4.78, 5) is 11.4. The van der Waals surface area contributed by atoms with E-state index in [2.05, 4.69) is 12.6 Å². The van der Waals surface area contributed by atoms with Gasteiger partial charge in [-0.1, -0.05) is 6.07 Å². The van der Waals surface area contributed by atoms with Crippen LogP contribution < -0.4 is 0 Å². The van der Waals surface area contributed by atoms with Gasteiger partial charge in [0.15, 0.2) is 0 Å². The topological polar surface area (TPSA) is 40.9 Å². The van der Waals surface area contributed by atoms with Crippen LogP contribution in [0.25, 0.3) is 0 Å². The summed E-state index contributed by atoms with van der Waals surface area (Å²) in [7, 11) is 0. The number of rotatable bonds is 2. The fraction of sp³-hybridized carbons (Fsp3) is 0.200. The van der Waals surface area contributed by atoms with Gasteiger partial charge in [0, 0.05) is 11.3 Å². The monoisotopic (exact) mass is 191 g/mol. The molecule has 0 spiro atoms. The molecule has 0 atom stereocenters. The second kappa shape index (κ2) is 4.11. The molecule has 0 saturated carbocycles. The first-order valence-corrected chi connectivity index (χ1v) is 4.29. The number of Topliss-reactive ketones (excluding diaryl/α,β-unsaturated/α-hetero) is 1. The third-order valence-corrected chi connectivity index (χ3v) is 2.01. The van der Waals surface area contributed by atoms with Crippen molar-refractivity contribution in [2.45, 2.75) is 18.2 Å². The van der Waals surface area contributed by atoms with Gasteiger partial charge in [-0.25, -0.2) is 0 Å². The van der Waals surface area contributed by atoms with Gasteiger partial charge in [-0.05, 0) is 24.6 Å². The minimum Gasteiger partial charge on any atom is -0.300 e. The Morgan fingerprint density at radius 3 is 2.77 bits per heavy atom. The number of carbonyl (C=O) groups excluding carboxylic acids is 1. The van der Waals surface area contributed by atoms with E-state index in [0.717, 1.165) is 5.56 Å². The molecule has 0 aliphatic carbocycles. The highest BCUT2D eigenvalue weighted by molar-refractivity contribution is 7.80. The summed E-state index contributed by atoms with van der Waals surface area (Å²) < 4.78 is 0. The smallest absolute Gasteiger partial charge is 0.134 e. The second-order valence-corrected chi connectivity index (χ2v) is 3.32. The van der Waals surface area contributed by atoms with Gasteiger partial charge in [0.2, 0.25) is 0 Å². The first-order chi connectivity index (χ1) is 6.13. The van der Waals surface area contributed by atoms with Crippen molar-refractivity contribution in [3.05, 3.63) is 29.3 Å². The van der Waals surface area contributed by atoms with Crippen molar-refractivity contribution in [2.75, 3.05) is 0 Å². The van der Waals surface area contributed by atoms with Crippen LogP contribution >= 0.6 is 12.6 Å². The van der Waals surface area contributed by atoms with Crippen molar-refractivity contribution in [1.29, 1.82) is 5.26 Å². The number of nitriles is 1. The van der Waals surface area contributed by atoms with Crippen molar-refractivity contribution in [3.8, 4) is 6.07 Å². The van der Waals surface area contributed by atoms with E-state index >= 15 is 0 Å². The van der Waals surface area contributed by atoms with E-state index in [9.17, 15) is 4.79 Å². The summed E-state index contributed by atoms with van der Waals surface area (Å²) in [6, 6.07) is 7.23. The maximum absolute atomic E-state index is 10.8. The van der Waals surface area contributed by atoms with E-state index in [4.69, 9.17) is 5.26 Å². The Morgan fingerprint density at radius 1 is 1.62 bits per heavy atom. The summed E-state index contributed by atoms with van der Waals surface area (Å²) in [5, 5.41) is 8.63. The number of hydrogen-bond acceptors (Lipinski definition) is 3. The first kappa shape index (κ1) is 9.82. The lowest BCUT2D eigenvalue weighted by Gasteiger charge is -2.00. The lowest BCUT2D eigenvalue weighted by atomic mass is 10.1. The van der Waals surface area contributed by atoms with Crippen LogP contribution in [0.5, 0.6) is 0 Å². The zero-order valence-electron chi connectivity index (χ0n) is 7.24. The van der Waals surface area contributed by atoms with Crippen molar-refractivity contribution in [3.63, 3.8) is 0 Å². The van der Waals surface area contributed by atoms with Crippen LogP contribution in [0.3, 0.4) is 0 Å². The Labute approximate surface area is 82.6 Å². The molecule has 0 fully saturated rings. The summed E-state index contributed by atoms with van der Waals surface area (Å²) >= 11 is 4.14. The Morgan fingerprint density at radius 2 is 2.31 bits per heavy atom. The van der Waals surface area contributed by atoms with Crippen molar-refractivity contribution < 1.29 is 4.79 Å². The Hall–Kier alpha value is -1.27. The molecule has 0 aromatic heterocycles. The standard InChI is InChI=1S/C10H9NOS/c1-7(12)4-8-2-3-9(6-11)10(13)5-8/h2-3,5,13H,4H2,1H3. The quantitative estimate of drug-likeness (QED) is 0.726. The molecule has 0 radical (unpaired) electrons. The van der Waals surface area contributed by atoms with E-state index in [0.29, 0.717) is 16.9 Å². The molecule has 0 aliphatic heterocycles. The molecule has 1 aromatic rings. The van der Waals surface area contributed by atoms with Gasteiger partial charge in [-0.3, -0.25) is 4.79 Å². The lowest BCUT2D eigenvalue weighted by Crippen LogP contribution is -1.96. The molecule has 0 unspecified atom stereocenters. The molecule has 66 valence electrons. The predicted octanol–water partition coefficient (Wildman–Crippen LogP) is 1.98. The normalized spacial score (nSPS) is 9.31. The Bertz CT molecular complexity index is 379. The fourth-order valence-corrected chi connectivity index (χ4v) is 1.36. The van der Waals surface area contributed by atoms with Crippen LogP contribution in [0.2, 0.25) is 0 Å². The van der Waals surface area contributed by atoms with Gasteiger partial charge in [0.05, 0.1) is 5.56 Å². The highest BCUT2D eigenvalue weighted by Crippen LogP contribution is 2.15. The summed E-state index contributed by atoms with van der Waals surface area (Å²) in [5.41, 5.74) is 1.44. The fourth-order valence-electron chi connectivity index (χ4n) is 1.07. The highest BCUT2D eigenvalue weighted by Gasteiger charge is 2.01. The molecular formula is C10H9NOS. The van der Waals surface area contributed by atoms with E-state index in [1.54, 1.807) is 18.2 Å². The maximum atomic E-state index is 10.8. The molecular weight excluding hydrogens is 182 g/mol. The molecule has 13 heavy (non-hydrogen) atoms. The summed E-state index contributed by atoms with van der Waals surface area (Å²) in [6.07, 6.45) is 0.402. The molecule has 0 heterocycles. The largest absolute Gasteiger partial charge is 0.300 e. The highest BCUT2D eigenvalue weighted by atomic mass is 32.1. The average Bonchev–Trinajstić information content (AvgIpc) is 2.03. The third kappa shape index (κ3) is 2.60. The number of benzene rings is 1. The van der Waals surface area contributed by atoms with Crippen molar-refractivity contribution >= 4 is 18.4 Å². The van der Waals surface area contributed by atoms with Gasteiger partial charge in [-0.2, -0.15) is 5.26 Å². The molecule has 0 saturated heterocycles. The number of ketones is 1. The summed E-state index contributed by atoms with van der Waals surface area (Å²) in [6.45, 7) is 1.54. The van der Waals surface area contributed by atoms with Crippen LogP contribution in [0.15, 0.2) is 23.1 Å². The number of thiol groups is 1. The molecule has 0 bridgehead atoms. The first-order valence-electron chi connectivity index (χ1n) is 3.85. The van der Waals surface area contributed by atoms with Crippen molar-refractivity contribution in [1.82, 2.24) is 0 Å². The third-order valence-electron chi connectivity index (χ3n) is 1.64. The van der Waals surface area contributed by atoms with Crippen LogP contribution in [0.1, 0.15) is 18.1 Å². The minimum absolute atomic E-state index is 0.109. The molecule has 3 heteroatoms. The van der Waals surface area contributed by atoms with Gasteiger partial charge in [0.25, 0.3) is 0 Å². The molecule has 0 amide bonds. The van der Waals surface area contributed by atoms with E-state index in [1.807, 2.05) is 6.07 Å². The molecule has 2 nitrogen and oxygen atoms in total. The Kier molecular flexibility index (Phi) is 3.10. The number of nitrogens with zero attached hydrogens (tertiary/aromatic N) is 1. The van der Waals surface area contributed by atoms with Crippen LogP contribution in [0.4, 0.5) is 0 Å². The van der Waals surface area contributed by atoms with Gasteiger partial charge < -0.3 is 0 Å². The van der Waals surface area contributed by atoms with Crippen LogP contribution in [-0.2, 0) is 11.2 Å².